The zero-order chi connectivity index (χ0) is 20.9. The Labute approximate surface area is 173 Å². The van der Waals surface area contributed by atoms with Crippen LogP contribution >= 0.6 is 11.3 Å². The lowest BCUT2D eigenvalue weighted by Crippen LogP contribution is -2.32. The Kier molecular flexibility index (Phi) is 6.66. The molecular weight excluding hydrogens is 413 g/mol. The van der Waals surface area contributed by atoms with Gasteiger partial charge < -0.3 is 10.1 Å². The molecule has 1 amide bonds. The number of sulfone groups is 1. The number of halogens is 1. The first-order valence-electron chi connectivity index (χ1n) is 8.82. The van der Waals surface area contributed by atoms with Crippen molar-refractivity contribution >= 4 is 27.1 Å². The first-order chi connectivity index (χ1) is 13.9. The average molecular weight is 434 g/mol. The molecule has 1 aromatic heterocycles. The molecule has 5 nitrogen and oxygen atoms in total. The fourth-order valence-electron chi connectivity index (χ4n) is 2.82. The van der Waals surface area contributed by atoms with Gasteiger partial charge in [0, 0.05) is 11.4 Å². The number of hydrogen-bond donors (Lipinski definition) is 1. The first-order valence-corrected chi connectivity index (χ1v) is 11.3. The molecule has 0 spiro atoms. The molecule has 1 atom stereocenters. The molecule has 0 radical (unpaired) electrons. The molecule has 152 valence electrons. The summed E-state index contributed by atoms with van der Waals surface area (Å²) in [4.78, 5) is 13.0. The van der Waals surface area contributed by atoms with Crippen molar-refractivity contribution in [3.63, 3.8) is 0 Å². The van der Waals surface area contributed by atoms with Gasteiger partial charge in [0.2, 0.25) is 5.91 Å². The van der Waals surface area contributed by atoms with Crippen molar-refractivity contribution in [1.82, 2.24) is 5.32 Å². The van der Waals surface area contributed by atoms with Crippen molar-refractivity contribution in [1.29, 1.82) is 0 Å². The van der Waals surface area contributed by atoms with Crippen LogP contribution in [-0.4, -0.2) is 28.0 Å². The second-order valence-corrected chi connectivity index (χ2v) is 9.44. The van der Waals surface area contributed by atoms with Gasteiger partial charge in [0.15, 0.2) is 9.84 Å². The summed E-state index contributed by atoms with van der Waals surface area (Å²) in [6.45, 7) is -0.0742. The van der Waals surface area contributed by atoms with E-state index in [1.165, 1.54) is 23.5 Å². The molecule has 3 aromatic rings. The molecule has 0 unspecified atom stereocenters. The van der Waals surface area contributed by atoms with Crippen LogP contribution in [0.15, 0.2) is 70.9 Å². The van der Waals surface area contributed by atoms with Crippen LogP contribution in [-0.2, 0) is 21.1 Å². The quantitative estimate of drug-likeness (QED) is 0.549. The summed E-state index contributed by atoms with van der Waals surface area (Å²) in [5.41, 5.74) is 0.789. The molecule has 0 saturated carbocycles. The van der Waals surface area contributed by atoms with Crippen molar-refractivity contribution in [2.24, 2.45) is 0 Å². The van der Waals surface area contributed by atoms with E-state index >= 15 is 0 Å². The van der Waals surface area contributed by atoms with Gasteiger partial charge in [0.25, 0.3) is 0 Å². The first kappa shape index (κ1) is 21.0. The number of nitrogens with one attached hydrogen (secondary N) is 1. The summed E-state index contributed by atoms with van der Waals surface area (Å²) >= 11 is 1.30. The maximum Gasteiger partial charge on any atom is 0.224 e. The Morgan fingerprint density at radius 3 is 2.38 bits per heavy atom. The van der Waals surface area contributed by atoms with Gasteiger partial charge in [-0.15, -0.1) is 11.3 Å². The van der Waals surface area contributed by atoms with Crippen molar-refractivity contribution in [3.8, 4) is 5.75 Å². The molecule has 0 fully saturated rings. The zero-order valence-corrected chi connectivity index (χ0v) is 17.3. The van der Waals surface area contributed by atoms with Crippen LogP contribution in [0.25, 0.3) is 0 Å². The number of carbonyl (C=O) groups excluding carboxylic acids is 1. The maximum atomic E-state index is 13.2. The maximum absolute atomic E-state index is 13.2. The molecule has 0 saturated heterocycles. The molecule has 8 heteroatoms. The highest BCUT2D eigenvalue weighted by Gasteiger charge is 2.30. The summed E-state index contributed by atoms with van der Waals surface area (Å²) < 4.78 is 44.5. The summed E-state index contributed by atoms with van der Waals surface area (Å²) in [7, 11) is -2.24. The van der Waals surface area contributed by atoms with Crippen LogP contribution in [0.2, 0.25) is 0 Å². The van der Waals surface area contributed by atoms with Gasteiger partial charge >= 0.3 is 0 Å². The van der Waals surface area contributed by atoms with Crippen LogP contribution in [0.3, 0.4) is 0 Å². The molecule has 3 rings (SSSR count). The van der Waals surface area contributed by atoms with Crippen molar-refractivity contribution in [2.75, 3.05) is 13.7 Å². The molecule has 0 bridgehead atoms. The van der Waals surface area contributed by atoms with Gasteiger partial charge in [-0.3, -0.25) is 4.79 Å². The minimum absolute atomic E-state index is 0.0155. The predicted octanol–water partition coefficient (Wildman–Crippen LogP) is 3.77. The lowest BCUT2D eigenvalue weighted by atomic mass is 10.1. The highest BCUT2D eigenvalue weighted by Crippen LogP contribution is 2.31. The van der Waals surface area contributed by atoms with Crippen molar-refractivity contribution in [3.05, 3.63) is 82.3 Å². The Balaban J connectivity index is 1.74. The summed E-state index contributed by atoms with van der Waals surface area (Å²) in [6, 6.07) is 15.3. The number of rotatable bonds is 8. The van der Waals surface area contributed by atoms with E-state index in [2.05, 4.69) is 5.32 Å². The second-order valence-electron chi connectivity index (χ2n) is 6.33. The molecule has 29 heavy (non-hydrogen) atoms. The Morgan fingerprint density at radius 2 is 1.79 bits per heavy atom. The van der Waals surface area contributed by atoms with E-state index in [0.717, 1.165) is 17.7 Å². The molecule has 1 heterocycles. The minimum atomic E-state index is -3.81. The highest BCUT2D eigenvalue weighted by atomic mass is 32.2. The van der Waals surface area contributed by atoms with E-state index in [4.69, 9.17) is 4.74 Å². The van der Waals surface area contributed by atoms with Crippen LogP contribution in [0.1, 0.15) is 15.7 Å². The zero-order valence-electron chi connectivity index (χ0n) is 15.7. The fourth-order valence-corrected chi connectivity index (χ4v) is 5.61. The molecule has 2 aromatic carbocycles. The molecule has 0 aliphatic carbocycles. The fraction of sp³-hybridized carbons (Fsp3) is 0.190. The monoisotopic (exact) mass is 433 g/mol. The second kappa shape index (κ2) is 9.19. The third-order valence-corrected chi connectivity index (χ3v) is 7.62. The average Bonchev–Trinajstić information content (AvgIpc) is 3.23. The van der Waals surface area contributed by atoms with E-state index in [-0.39, 0.29) is 23.8 Å². The molecule has 0 aliphatic heterocycles. The number of carbonyl (C=O) groups is 1. The topological polar surface area (TPSA) is 72.5 Å². The van der Waals surface area contributed by atoms with Gasteiger partial charge in [0.1, 0.15) is 16.8 Å². The Bertz CT molecular complexity index is 1050. The summed E-state index contributed by atoms with van der Waals surface area (Å²) in [5.74, 6) is -0.104. The molecular formula is C21H20FNO4S2. The Morgan fingerprint density at radius 1 is 1.10 bits per heavy atom. The smallest absolute Gasteiger partial charge is 0.224 e. The van der Waals surface area contributed by atoms with Crippen LogP contribution in [0.4, 0.5) is 4.39 Å². The predicted molar refractivity (Wildman–Crippen MR) is 110 cm³/mol. The van der Waals surface area contributed by atoms with Crippen LogP contribution < -0.4 is 10.1 Å². The lowest BCUT2D eigenvalue weighted by molar-refractivity contribution is -0.120. The molecule has 0 aliphatic rings. The number of benzene rings is 2. The number of hydrogen-bond acceptors (Lipinski definition) is 5. The third kappa shape index (κ3) is 5.21. The lowest BCUT2D eigenvalue weighted by Gasteiger charge is -2.17. The SMILES string of the molecule is COc1ccc(CC(=O)NC[C@H](c2cccs2)S(=O)(=O)c2ccc(F)cc2)cc1. The van der Waals surface area contributed by atoms with Crippen molar-refractivity contribution < 1.29 is 22.3 Å². The van der Waals surface area contributed by atoms with Gasteiger partial charge in [-0.25, -0.2) is 12.8 Å². The van der Waals surface area contributed by atoms with E-state index in [1.807, 2.05) is 0 Å². The number of ether oxygens (including phenoxy) is 1. The van der Waals surface area contributed by atoms with Gasteiger partial charge in [0.05, 0.1) is 18.4 Å². The highest BCUT2D eigenvalue weighted by molar-refractivity contribution is 7.91. The minimum Gasteiger partial charge on any atom is -0.497 e. The standard InChI is InChI=1S/C21H20FNO4S2/c1-27-17-8-4-15(5-9-17)13-21(24)23-14-20(19-3-2-12-28-19)29(25,26)18-10-6-16(22)7-11-18/h2-12,20H,13-14H2,1H3,(H,23,24)/t20-/m1/s1. The normalized spacial score (nSPS) is 12.3. The van der Waals surface area contributed by atoms with E-state index in [0.29, 0.717) is 10.6 Å². The molecule has 1 N–H and O–H groups in total. The summed E-state index contributed by atoms with van der Waals surface area (Å²) in [6.07, 6.45) is 0.123. The van der Waals surface area contributed by atoms with Gasteiger partial charge in [-0.2, -0.15) is 0 Å². The number of thiophene rings is 1. The Hall–Kier alpha value is -2.71. The van der Waals surface area contributed by atoms with Gasteiger partial charge in [-0.1, -0.05) is 18.2 Å². The third-order valence-electron chi connectivity index (χ3n) is 4.39. The summed E-state index contributed by atoms with van der Waals surface area (Å²) in [5, 5.41) is 3.55. The van der Waals surface area contributed by atoms with Crippen molar-refractivity contribution in [2.45, 2.75) is 16.6 Å². The largest absolute Gasteiger partial charge is 0.497 e. The van der Waals surface area contributed by atoms with Crippen LogP contribution in [0, 0.1) is 5.82 Å². The number of methoxy groups -OCH3 is 1. The van der Waals surface area contributed by atoms with E-state index in [9.17, 15) is 17.6 Å². The van der Waals surface area contributed by atoms with E-state index in [1.54, 1.807) is 48.9 Å². The van der Waals surface area contributed by atoms with E-state index < -0.39 is 20.9 Å². The van der Waals surface area contributed by atoms with Crippen LogP contribution in [0.5, 0.6) is 5.75 Å². The number of amides is 1. The van der Waals surface area contributed by atoms with Gasteiger partial charge in [-0.05, 0) is 53.4 Å².